The van der Waals surface area contributed by atoms with Crippen molar-refractivity contribution in [3.8, 4) is 51.4 Å². The molecule has 10 nitrogen and oxygen atoms in total. The van der Waals surface area contributed by atoms with Crippen LogP contribution in [0.3, 0.4) is 0 Å². The first-order valence-electron chi connectivity index (χ1n) is 12.9. The summed E-state index contributed by atoms with van der Waals surface area (Å²) in [7, 11) is 9.85. The number of carbonyl (C=O) groups is 1. The molecule has 0 bridgehead atoms. The number of hydrogen-bond acceptors (Lipinski definition) is 10. The monoisotopic (exact) mass is 549 g/mol. The van der Waals surface area contributed by atoms with Gasteiger partial charge in [0.15, 0.2) is 23.0 Å². The highest BCUT2D eigenvalue weighted by atomic mass is 16.7. The van der Waals surface area contributed by atoms with E-state index in [1.807, 2.05) is 25.2 Å². The van der Waals surface area contributed by atoms with Crippen molar-refractivity contribution in [3.05, 3.63) is 52.6 Å². The van der Waals surface area contributed by atoms with E-state index in [1.54, 1.807) is 47.7 Å². The number of cyclic esters (lactones) is 1. The molecule has 3 aliphatic rings. The second kappa shape index (κ2) is 10.0. The van der Waals surface area contributed by atoms with E-state index >= 15 is 0 Å². The molecule has 0 aromatic heterocycles. The number of hydrogen-bond donors (Lipinski definition) is 0. The standard InChI is InChI=1S/C30H31NO9/c1-31-10-9-15-11-21-28(39-14-38-21)29(37-6)23(15)25(31)26-17-7-8-18(33-2)22(24(17)30(32)40-26)16-12-19(34-3)27(36-5)20(13-16)35-4/h7-8,11-13,25-26H,9-10,14H2,1-6H3/t25-,26+/m1/s1. The SMILES string of the molecule is COc1cc(-c2c(OC)ccc3c2C(=O)O[C@@H]3[C@H]2c3c(cc4c(c3OC)OCO4)CCN2C)cc(OC)c1OC. The molecule has 0 amide bonds. The van der Waals surface area contributed by atoms with Crippen molar-refractivity contribution < 1.29 is 42.7 Å². The van der Waals surface area contributed by atoms with Crippen molar-refractivity contribution >= 4 is 5.97 Å². The number of benzene rings is 3. The van der Waals surface area contributed by atoms with Gasteiger partial charge in [0.05, 0.1) is 47.2 Å². The van der Waals surface area contributed by atoms with Crippen LogP contribution in [0.4, 0.5) is 0 Å². The summed E-state index contributed by atoms with van der Waals surface area (Å²) in [6.07, 6.45) is 0.190. The van der Waals surface area contributed by atoms with E-state index in [-0.39, 0.29) is 12.8 Å². The molecule has 0 aliphatic carbocycles. The normalized spacial score (nSPS) is 19.0. The van der Waals surface area contributed by atoms with Gasteiger partial charge in [-0.1, -0.05) is 6.07 Å². The summed E-state index contributed by atoms with van der Waals surface area (Å²) in [6, 6.07) is 9.03. The first-order valence-corrected chi connectivity index (χ1v) is 12.9. The van der Waals surface area contributed by atoms with Crippen molar-refractivity contribution in [1.82, 2.24) is 4.90 Å². The molecule has 3 aromatic carbocycles. The van der Waals surface area contributed by atoms with E-state index < -0.39 is 12.1 Å². The Balaban J connectivity index is 1.54. The third kappa shape index (κ3) is 3.77. The lowest BCUT2D eigenvalue weighted by Crippen LogP contribution is -2.36. The predicted molar refractivity (Wildman–Crippen MR) is 144 cm³/mol. The van der Waals surface area contributed by atoms with Gasteiger partial charge in [0.25, 0.3) is 0 Å². The smallest absolute Gasteiger partial charge is 0.340 e. The molecular formula is C30H31NO9. The van der Waals surface area contributed by atoms with Gasteiger partial charge in [-0.2, -0.15) is 0 Å². The summed E-state index contributed by atoms with van der Waals surface area (Å²) < 4.78 is 45.9. The molecule has 210 valence electrons. The lowest BCUT2D eigenvalue weighted by atomic mass is 9.84. The van der Waals surface area contributed by atoms with E-state index in [1.165, 1.54) is 0 Å². The topological polar surface area (TPSA) is 94.2 Å². The Labute approximate surface area is 232 Å². The average Bonchev–Trinajstić information content (AvgIpc) is 3.58. The molecule has 0 unspecified atom stereocenters. The predicted octanol–water partition coefficient (Wildman–Crippen LogP) is 4.57. The number of ether oxygens (including phenoxy) is 8. The van der Waals surface area contributed by atoms with E-state index in [0.29, 0.717) is 56.9 Å². The third-order valence-corrected chi connectivity index (χ3v) is 7.86. The van der Waals surface area contributed by atoms with Gasteiger partial charge in [-0.25, -0.2) is 4.79 Å². The number of fused-ring (bicyclic) bond motifs is 3. The molecule has 10 heteroatoms. The highest BCUT2D eigenvalue weighted by molar-refractivity contribution is 6.03. The zero-order chi connectivity index (χ0) is 28.1. The maximum absolute atomic E-state index is 13.7. The molecule has 0 fully saturated rings. The van der Waals surface area contributed by atoms with Crippen molar-refractivity contribution in [2.45, 2.75) is 18.6 Å². The maximum atomic E-state index is 13.7. The molecule has 0 spiro atoms. The quantitative estimate of drug-likeness (QED) is 0.390. The van der Waals surface area contributed by atoms with E-state index in [4.69, 9.17) is 37.9 Å². The number of esters is 1. The zero-order valence-electron chi connectivity index (χ0n) is 23.3. The van der Waals surface area contributed by atoms with Crippen LogP contribution in [-0.4, -0.2) is 66.8 Å². The number of nitrogens with zero attached hydrogens (tertiary/aromatic N) is 1. The lowest BCUT2D eigenvalue weighted by molar-refractivity contribution is 0.00884. The minimum absolute atomic E-state index is 0.133. The van der Waals surface area contributed by atoms with Gasteiger partial charge in [0.1, 0.15) is 11.9 Å². The van der Waals surface area contributed by atoms with Gasteiger partial charge in [0, 0.05) is 23.2 Å². The average molecular weight is 550 g/mol. The molecule has 0 radical (unpaired) electrons. The van der Waals surface area contributed by atoms with Crippen molar-refractivity contribution in [1.29, 1.82) is 0 Å². The van der Waals surface area contributed by atoms with Crippen LogP contribution in [0.1, 0.15) is 39.2 Å². The third-order valence-electron chi connectivity index (χ3n) is 7.86. The minimum atomic E-state index is -0.604. The summed E-state index contributed by atoms with van der Waals surface area (Å²) in [5.41, 5.74) is 4.43. The molecule has 3 aromatic rings. The van der Waals surface area contributed by atoms with Gasteiger partial charge in [-0.3, -0.25) is 4.90 Å². The molecule has 0 N–H and O–H groups in total. The Morgan fingerprint density at radius 2 is 1.52 bits per heavy atom. The second-order valence-corrected chi connectivity index (χ2v) is 9.74. The summed E-state index contributed by atoms with van der Waals surface area (Å²) >= 11 is 0. The molecule has 0 saturated heterocycles. The van der Waals surface area contributed by atoms with Gasteiger partial charge in [-0.05, 0) is 48.9 Å². The maximum Gasteiger partial charge on any atom is 0.340 e. The van der Waals surface area contributed by atoms with Crippen LogP contribution in [0.5, 0.6) is 40.2 Å². The van der Waals surface area contributed by atoms with Crippen LogP contribution in [0.25, 0.3) is 11.1 Å². The Kier molecular flexibility index (Phi) is 6.50. The number of rotatable bonds is 7. The fraction of sp³-hybridized carbons (Fsp3) is 0.367. The van der Waals surface area contributed by atoms with E-state index in [2.05, 4.69) is 4.90 Å². The molecule has 40 heavy (non-hydrogen) atoms. The van der Waals surface area contributed by atoms with Gasteiger partial charge in [0.2, 0.25) is 18.3 Å². The van der Waals surface area contributed by atoms with Crippen LogP contribution >= 0.6 is 0 Å². The molecule has 3 aliphatic heterocycles. The number of methoxy groups -OCH3 is 5. The van der Waals surface area contributed by atoms with Crippen LogP contribution in [0.2, 0.25) is 0 Å². The molecule has 2 atom stereocenters. The molecule has 3 heterocycles. The fourth-order valence-electron chi connectivity index (χ4n) is 6.06. The lowest BCUT2D eigenvalue weighted by Gasteiger charge is -2.38. The van der Waals surface area contributed by atoms with Crippen LogP contribution < -0.4 is 33.2 Å². The van der Waals surface area contributed by atoms with Crippen LogP contribution in [-0.2, 0) is 11.2 Å². The van der Waals surface area contributed by atoms with E-state index in [9.17, 15) is 4.79 Å². The second-order valence-electron chi connectivity index (χ2n) is 9.74. The minimum Gasteiger partial charge on any atom is -0.496 e. The summed E-state index contributed by atoms with van der Waals surface area (Å²) in [5.74, 6) is 3.28. The Hall–Kier alpha value is -4.31. The number of likely N-dealkylation sites (N-methyl/N-ethyl adjacent to an activating group) is 1. The van der Waals surface area contributed by atoms with Gasteiger partial charge in [-0.15, -0.1) is 0 Å². The van der Waals surface area contributed by atoms with Crippen molar-refractivity contribution in [3.63, 3.8) is 0 Å². The molecule has 0 saturated carbocycles. The Bertz CT molecular complexity index is 1480. The van der Waals surface area contributed by atoms with Gasteiger partial charge >= 0.3 is 5.97 Å². The van der Waals surface area contributed by atoms with Gasteiger partial charge < -0.3 is 37.9 Å². The fourth-order valence-corrected chi connectivity index (χ4v) is 6.06. The molecular weight excluding hydrogens is 518 g/mol. The first-order chi connectivity index (χ1) is 19.4. The Morgan fingerprint density at radius 3 is 2.17 bits per heavy atom. The summed E-state index contributed by atoms with van der Waals surface area (Å²) in [6.45, 7) is 0.897. The van der Waals surface area contributed by atoms with E-state index in [0.717, 1.165) is 29.7 Å². The zero-order valence-corrected chi connectivity index (χ0v) is 23.3. The van der Waals surface area contributed by atoms with Crippen LogP contribution in [0.15, 0.2) is 30.3 Å². The largest absolute Gasteiger partial charge is 0.496 e. The highest BCUT2D eigenvalue weighted by Gasteiger charge is 2.46. The summed E-state index contributed by atoms with van der Waals surface area (Å²) in [5, 5.41) is 0. The van der Waals surface area contributed by atoms with Crippen molar-refractivity contribution in [2.24, 2.45) is 0 Å². The highest BCUT2D eigenvalue weighted by Crippen LogP contribution is 2.55. The molecule has 6 rings (SSSR count). The summed E-state index contributed by atoms with van der Waals surface area (Å²) in [4.78, 5) is 15.9. The van der Waals surface area contributed by atoms with Crippen molar-refractivity contribution in [2.75, 3.05) is 55.9 Å². The van der Waals surface area contributed by atoms with Crippen LogP contribution in [0, 0.1) is 0 Å². The number of carbonyl (C=O) groups excluding carboxylic acids is 1. The Morgan fingerprint density at radius 1 is 0.825 bits per heavy atom. The first kappa shape index (κ1) is 25.9.